The van der Waals surface area contributed by atoms with E-state index in [1.165, 1.54) is 81.2 Å². The van der Waals surface area contributed by atoms with Crippen LogP contribution in [0.25, 0.3) is 20.9 Å². The van der Waals surface area contributed by atoms with Crippen LogP contribution in [0.4, 0.5) is 16.2 Å². The molecule has 15 heteroatoms. The fraction of sp³-hybridized carbons (Fsp3) is 0.535. The number of hydrogen-bond acceptors (Lipinski definition) is 12. The number of nitrogens with one attached hydrogen (secondary N) is 1. The van der Waals surface area contributed by atoms with E-state index < -0.39 is 6.09 Å². The van der Waals surface area contributed by atoms with Crippen molar-refractivity contribution in [3.63, 3.8) is 0 Å². The van der Waals surface area contributed by atoms with Crippen LogP contribution >= 0.6 is 22.7 Å². The highest BCUT2D eigenvalue weighted by Gasteiger charge is 2.36. The quantitative estimate of drug-likeness (QED) is 0.0709. The lowest BCUT2D eigenvalue weighted by Crippen LogP contribution is -2.44. The predicted molar refractivity (Wildman–Crippen MR) is 346 cm³/mol. The first kappa shape index (κ1) is 61.5. The van der Waals surface area contributed by atoms with Crippen LogP contribution in [-0.2, 0) is 14.3 Å². The molecule has 4 aromatic carbocycles. The van der Waals surface area contributed by atoms with Crippen molar-refractivity contribution in [3.8, 4) is 32.4 Å². The van der Waals surface area contributed by atoms with Gasteiger partial charge in [0.2, 0.25) is 11.8 Å². The Bertz CT molecular complexity index is 3230. The highest BCUT2D eigenvalue weighted by molar-refractivity contribution is 7.15. The average Bonchev–Trinajstić information content (AvgIpc) is 3.60. The molecule has 6 aromatic rings. The van der Waals surface area contributed by atoms with Gasteiger partial charge in [0.25, 0.3) is 0 Å². The minimum absolute atomic E-state index is 0.0151. The molecule has 0 aliphatic heterocycles. The normalized spacial score (nSPS) is 23.9. The molecule has 6 aliphatic rings. The van der Waals surface area contributed by atoms with Crippen molar-refractivity contribution in [2.45, 2.75) is 178 Å². The highest BCUT2D eigenvalue weighted by atomic mass is 32.1. The Morgan fingerprint density at radius 1 is 0.558 bits per heavy atom. The number of thiazole rings is 2. The Balaban J connectivity index is 0.000000180. The lowest BCUT2D eigenvalue weighted by atomic mass is 9.78. The third kappa shape index (κ3) is 15.6. The number of hydrogen-bond donors (Lipinski definition) is 3. The molecule has 4 N–H and O–H groups in total. The Labute approximate surface area is 517 Å². The van der Waals surface area contributed by atoms with Crippen LogP contribution in [0.15, 0.2) is 97.3 Å². The smallest absolute Gasteiger partial charge is 0.407 e. The Kier molecular flexibility index (Phi) is 20.6. The number of carbonyl (C=O) groups is 3. The zero-order valence-electron chi connectivity index (χ0n) is 51.1. The maximum Gasteiger partial charge on any atom is 0.407 e. The number of aliphatic hydroxyl groups is 1. The van der Waals surface area contributed by atoms with Crippen molar-refractivity contribution in [2.75, 3.05) is 50.3 Å². The summed E-state index contributed by atoms with van der Waals surface area (Å²) in [5.74, 6) is 5.72. The van der Waals surface area contributed by atoms with Gasteiger partial charge < -0.3 is 40.2 Å². The minimum atomic E-state index is -0.504. The van der Waals surface area contributed by atoms with Crippen molar-refractivity contribution in [2.24, 2.45) is 29.4 Å². The van der Waals surface area contributed by atoms with Crippen LogP contribution in [-0.4, -0.2) is 85.6 Å². The maximum atomic E-state index is 14.3. The average molecular weight is 1200 g/mol. The van der Waals surface area contributed by atoms with E-state index in [-0.39, 0.29) is 43.0 Å². The van der Waals surface area contributed by atoms with Crippen LogP contribution in [0.3, 0.4) is 0 Å². The number of ether oxygens (including phenoxy) is 3. The lowest BCUT2D eigenvalue weighted by molar-refractivity contribution is -0.124. The fourth-order valence-corrected chi connectivity index (χ4v) is 16.2. The van der Waals surface area contributed by atoms with Crippen molar-refractivity contribution in [3.05, 3.63) is 130 Å². The summed E-state index contributed by atoms with van der Waals surface area (Å²) in [4.78, 5) is 56.4. The van der Waals surface area contributed by atoms with Crippen molar-refractivity contribution in [1.82, 2.24) is 15.3 Å². The van der Waals surface area contributed by atoms with E-state index in [0.717, 1.165) is 136 Å². The number of nitrogens with zero attached hydrogens (tertiary/aromatic N) is 4. The fourth-order valence-electron chi connectivity index (χ4n) is 14.0. The number of methoxy groups -OCH3 is 2. The molecule has 2 heterocycles. The van der Waals surface area contributed by atoms with E-state index >= 15 is 0 Å². The zero-order valence-corrected chi connectivity index (χ0v) is 52.7. The van der Waals surface area contributed by atoms with Gasteiger partial charge in [-0.05, 0) is 236 Å². The summed E-state index contributed by atoms with van der Waals surface area (Å²) in [5.41, 5.74) is 15.7. The molecule has 2 aromatic heterocycles. The molecule has 86 heavy (non-hydrogen) atoms. The number of aromatic nitrogens is 2. The molecule has 3 amide bonds. The molecule has 13 nitrogen and oxygen atoms in total. The van der Waals surface area contributed by atoms with E-state index in [4.69, 9.17) is 35.0 Å². The van der Waals surface area contributed by atoms with E-state index in [1.54, 1.807) is 25.6 Å². The summed E-state index contributed by atoms with van der Waals surface area (Å²) in [7, 11) is 3.46. The molecule has 6 saturated carbocycles. The Morgan fingerprint density at radius 3 is 1.40 bits per heavy atom. The molecule has 0 atom stereocenters. The van der Waals surface area contributed by atoms with Gasteiger partial charge in [-0.1, -0.05) is 48.5 Å². The summed E-state index contributed by atoms with van der Waals surface area (Å²) < 4.78 is 15.9. The standard InChI is InChI=1S/C37H47N3O5S.C34H43N3O2S/c1-24-20-29(14-17-33(24)44-2)26-8-6-25(7-9-26)23-40(36(42)28-12-15-31(16-13-28)39-37(43)45-19-18-41)32-5-3-4-30(21-32)34-22-38-35(46-34)27-10-11-27;1-22-18-27(14-17-31(22)39-2)24-8-6-23(7-9-24)21-37(34(38)26-12-15-29(35)16-13-26)30-5-3-4-28(19-30)32-20-36-33(40-32)25-10-11-25/h3-5,14,17,20-22,25-28,31,41H,6-13,15-16,18-19,23H2,1-2H3,(H,39,43);3-5,14,17-20,23-26,29H,6-13,15-16,21,35H2,1-2H3. The van der Waals surface area contributed by atoms with Crippen LogP contribution < -0.4 is 30.3 Å². The third-order valence-corrected chi connectivity index (χ3v) is 21.9. The van der Waals surface area contributed by atoms with Gasteiger partial charge >= 0.3 is 6.09 Å². The summed E-state index contributed by atoms with van der Waals surface area (Å²) in [6.45, 7) is 5.55. The number of rotatable bonds is 19. The Hall–Kier alpha value is -6.13. The summed E-state index contributed by atoms with van der Waals surface area (Å²) >= 11 is 3.59. The number of alkyl carbamates (subject to hydrolysis) is 1. The first-order valence-electron chi connectivity index (χ1n) is 32.2. The predicted octanol–water partition coefficient (Wildman–Crippen LogP) is 15.4. The van der Waals surface area contributed by atoms with Crippen LogP contribution in [0, 0.1) is 37.5 Å². The van der Waals surface area contributed by atoms with Gasteiger partial charge in [-0.3, -0.25) is 9.59 Å². The number of nitrogens with two attached hydrogens (primary N) is 1. The molecule has 0 saturated heterocycles. The molecule has 0 bridgehead atoms. The Morgan fingerprint density at radius 2 is 0.988 bits per heavy atom. The molecule has 458 valence electrons. The minimum Gasteiger partial charge on any atom is -0.496 e. The topological polar surface area (TPSA) is 169 Å². The van der Waals surface area contributed by atoms with Gasteiger partial charge in [-0.15, -0.1) is 22.7 Å². The van der Waals surface area contributed by atoms with Gasteiger partial charge in [0.05, 0.1) is 40.6 Å². The summed E-state index contributed by atoms with van der Waals surface area (Å²) in [5, 5.41) is 14.3. The number of anilines is 2. The number of aliphatic hydroxyl groups excluding tert-OH is 1. The van der Waals surface area contributed by atoms with Crippen molar-refractivity contribution < 1.29 is 33.7 Å². The van der Waals surface area contributed by atoms with Gasteiger partial charge in [0, 0.05) is 72.6 Å². The van der Waals surface area contributed by atoms with E-state index in [0.29, 0.717) is 41.4 Å². The van der Waals surface area contributed by atoms with E-state index in [9.17, 15) is 14.4 Å². The second kappa shape index (κ2) is 28.8. The highest BCUT2D eigenvalue weighted by Crippen LogP contribution is 2.46. The third-order valence-electron chi connectivity index (χ3n) is 19.5. The zero-order chi connectivity index (χ0) is 59.7. The molecule has 0 spiro atoms. The largest absolute Gasteiger partial charge is 0.496 e. The molecule has 0 radical (unpaired) electrons. The number of benzene rings is 4. The first-order valence-corrected chi connectivity index (χ1v) is 33.9. The second-order valence-corrected chi connectivity index (χ2v) is 27.9. The molecule has 0 unspecified atom stereocenters. The van der Waals surface area contributed by atoms with E-state index in [2.05, 4.69) is 114 Å². The molecule has 6 fully saturated rings. The van der Waals surface area contributed by atoms with Gasteiger partial charge in [0.15, 0.2) is 0 Å². The van der Waals surface area contributed by atoms with E-state index in [1.807, 2.05) is 23.7 Å². The molecule has 6 aliphatic carbocycles. The maximum absolute atomic E-state index is 14.3. The number of carbonyl (C=O) groups excluding carboxylic acids is 3. The van der Waals surface area contributed by atoms with Gasteiger partial charge in [-0.2, -0.15) is 0 Å². The lowest BCUT2D eigenvalue weighted by Gasteiger charge is -2.36. The second-order valence-electron chi connectivity index (χ2n) is 25.7. The molecular weight excluding hydrogens is 1110 g/mol. The SMILES string of the molecule is COc1ccc(C2CCC(CN(C(=O)C3CCC(N)CC3)c3cccc(-c4cnc(C5CC5)s4)c3)CC2)cc1C.COc1ccc(C2CCC(CN(C(=O)C3CCC(NC(=O)OCCO)CC3)c3cccc(-c4cnc(C5CC5)s4)c3)CC2)cc1C. The van der Waals surface area contributed by atoms with Gasteiger partial charge in [-0.25, -0.2) is 14.8 Å². The van der Waals surface area contributed by atoms with Crippen LogP contribution in [0.1, 0.15) is 184 Å². The van der Waals surface area contributed by atoms with Gasteiger partial charge in [0.1, 0.15) is 18.1 Å². The van der Waals surface area contributed by atoms with Crippen LogP contribution in [0.5, 0.6) is 11.5 Å². The molecule has 12 rings (SSSR count). The number of aryl methyl sites for hydroxylation is 2. The summed E-state index contributed by atoms with van der Waals surface area (Å²) in [6, 6.07) is 30.5. The van der Waals surface area contributed by atoms with Crippen molar-refractivity contribution in [1.29, 1.82) is 0 Å². The first-order chi connectivity index (χ1) is 41.9. The monoisotopic (exact) mass is 1200 g/mol. The number of amides is 3. The summed E-state index contributed by atoms with van der Waals surface area (Å²) in [6.07, 6.45) is 24.2. The van der Waals surface area contributed by atoms with Crippen LogP contribution in [0.2, 0.25) is 0 Å². The van der Waals surface area contributed by atoms with Crippen molar-refractivity contribution >= 4 is 52.0 Å². The molecular formula is C71H90N6O7S2.